The fourth-order valence-corrected chi connectivity index (χ4v) is 4.52. The van der Waals surface area contributed by atoms with Crippen molar-refractivity contribution in [1.82, 2.24) is 9.88 Å². The summed E-state index contributed by atoms with van der Waals surface area (Å²) in [6.07, 6.45) is 1.68. The lowest BCUT2D eigenvalue weighted by Gasteiger charge is -2.15. The second kappa shape index (κ2) is 11.8. The maximum atomic E-state index is 13.1. The standard InChI is InChI=1S/C34H27N3O2/c1-39-31-19-17-25(18-20-31)24-36-34(38)29(23-35)21-28-22-32(26-11-5-2-6-12-26)37(30-15-9-4-10-16-30)33(28)27-13-7-3-8-14-27/h2-22H,24H2,1H3,(H,36,38)/b29-21+. The zero-order valence-electron chi connectivity index (χ0n) is 21.5. The van der Waals surface area contributed by atoms with Gasteiger partial charge in [0.2, 0.25) is 0 Å². The summed E-state index contributed by atoms with van der Waals surface area (Å²) in [7, 11) is 1.61. The lowest BCUT2D eigenvalue weighted by atomic mass is 10.0. The molecule has 5 heteroatoms. The largest absolute Gasteiger partial charge is 0.497 e. The van der Waals surface area contributed by atoms with Crippen molar-refractivity contribution < 1.29 is 9.53 Å². The van der Waals surface area contributed by atoms with Gasteiger partial charge >= 0.3 is 0 Å². The van der Waals surface area contributed by atoms with Gasteiger partial charge in [-0.1, -0.05) is 91.0 Å². The van der Waals surface area contributed by atoms with Crippen molar-refractivity contribution in [3.05, 3.63) is 138 Å². The zero-order valence-corrected chi connectivity index (χ0v) is 21.5. The van der Waals surface area contributed by atoms with Gasteiger partial charge in [0.05, 0.1) is 18.5 Å². The summed E-state index contributed by atoms with van der Waals surface area (Å²) < 4.78 is 7.38. The first-order valence-corrected chi connectivity index (χ1v) is 12.6. The highest BCUT2D eigenvalue weighted by Crippen LogP contribution is 2.37. The van der Waals surface area contributed by atoms with Crippen LogP contribution in [-0.4, -0.2) is 17.6 Å². The predicted molar refractivity (Wildman–Crippen MR) is 155 cm³/mol. The molecule has 0 unspecified atom stereocenters. The molecule has 0 bridgehead atoms. The van der Waals surface area contributed by atoms with E-state index < -0.39 is 5.91 Å². The van der Waals surface area contributed by atoms with Crippen LogP contribution in [0.3, 0.4) is 0 Å². The molecule has 1 N–H and O–H groups in total. The molecule has 0 saturated carbocycles. The van der Waals surface area contributed by atoms with Crippen LogP contribution in [0.15, 0.2) is 127 Å². The van der Waals surface area contributed by atoms with E-state index in [1.54, 1.807) is 13.2 Å². The zero-order chi connectivity index (χ0) is 27.0. The van der Waals surface area contributed by atoms with E-state index in [1.165, 1.54) is 0 Å². The molecule has 5 aromatic rings. The van der Waals surface area contributed by atoms with E-state index in [9.17, 15) is 10.1 Å². The van der Waals surface area contributed by atoms with Crippen molar-refractivity contribution in [2.45, 2.75) is 6.54 Å². The summed E-state index contributed by atoms with van der Waals surface area (Å²) in [6, 6.07) is 41.8. The Hall–Kier alpha value is -5.34. The minimum absolute atomic E-state index is 0.0329. The Labute approximate surface area is 228 Å². The molecule has 0 aliphatic carbocycles. The summed E-state index contributed by atoms with van der Waals surface area (Å²) in [5, 5.41) is 12.9. The van der Waals surface area contributed by atoms with Gasteiger partial charge in [-0.3, -0.25) is 4.79 Å². The number of hydrogen-bond acceptors (Lipinski definition) is 3. The highest BCUT2D eigenvalue weighted by atomic mass is 16.5. The number of nitrogens with zero attached hydrogens (tertiary/aromatic N) is 2. The lowest BCUT2D eigenvalue weighted by Crippen LogP contribution is -2.23. The molecule has 0 saturated heterocycles. The van der Waals surface area contributed by atoms with Crippen LogP contribution in [0.1, 0.15) is 11.1 Å². The minimum atomic E-state index is -0.430. The van der Waals surface area contributed by atoms with Gasteiger partial charge in [-0.25, -0.2) is 0 Å². The summed E-state index contributed by atoms with van der Waals surface area (Å²) >= 11 is 0. The Kier molecular flexibility index (Phi) is 7.66. The van der Waals surface area contributed by atoms with E-state index in [0.717, 1.165) is 45.1 Å². The third kappa shape index (κ3) is 5.66. The Morgan fingerprint density at radius 1 is 0.846 bits per heavy atom. The fraction of sp³-hybridized carbons (Fsp3) is 0.0588. The van der Waals surface area contributed by atoms with E-state index in [1.807, 2.05) is 97.1 Å². The van der Waals surface area contributed by atoms with Gasteiger partial charge in [0.15, 0.2) is 0 Å². The van der Waals surface area contributed by atoms with E-state index in [0.29, 0.717) is 6.54 Å². The molecule has 4 aromatic carbocycles. The first-order chi connectivity index (χ1) is 19.2. The highest BCUT2D eigenvalue weighted by molar-refractivity contribution is 6.02. The van der Waals surface area contributed by atoms with Gasteiger partial charge in [-0.15, -0.1) is 0 Å². The van der Waals surface area contributed by atoms with Crippen molar-refractivity contribution in [3.63, 3.8) is 0 Å². The van der Waals surface area contributed by atoms with Gasteiger partial charge in [0, 0.05) is 17.8 Å². The number of nitriles is 1. The number of methoxy groups -OCH3 is 1. The van der Waals surface area contributed by atoms with E-state index in [-0.39, 0.29) is 5.57 Å². The maximum absolute atomic E-state index is 13.1. The van der Waals surface area contributed by atoms with Gasteiger partial charge in [0.1, 0.15) is 17.4 Å². The number of amides is 1. The van der Waals surface area contributed by atoms with Gasteiger partial charge in [-0.2, -0.15) is 5.26 Å². The number of para-hydroxylation sites is 1. The Balaban J connectivity index is 1.60. The average molecular weight is 510 g/mol. The van der Waals surface area contributed by atoms with Crippen molar-refractivity contribution in [2.75, 3.05) is 7.11 Å². The number of benzene rings is 4. The molecule has 1 amide bonds. The molecule has 1 heterocycles. The Bertz CT molecular complexity index is 1630. The smallest absolute Gasteiger partial charge is 0.262 e. The monoisotopic (exact) mass is 509 g/mol. The number of nitrogens with one attached hydrogen (secondary N) is 1. The van der Waals surface area contributed by atoms with E-state index in [4.69, 9.17) is 4.74 Å². The summed E-state index contributed by atoms with van der Waals surface area (Å²) in [4.78, 5) is 13.1. The first kappa shape index (κ1) is 25.3. The maximum Gasteiger partial charge on any atom is 0.262 e. The topological polar surface area (TPSA) is 67.0 Å². The van der Waals surface area contributed by atoms with Crippen LogP contribution in [0.2, 0.25) is 0 Å². The van der Waals surface area contributed by atoms with Crippen molar-refractivity contribution in [1.29, 1.82) is 5.26 Å². The van der Waals surface area contributed by atoms with Gasteiger partial charge in [-0.05, 0) is 53.1 Å². The van der Waals surface area contributed by atoms with Crippen molar-refractivity contribution in [3.8, 4) is 40.0 Å². The van der Waals surface area contributed by atoms with Crippen LogP contribution in [0, 0.1) is 11.3 Å². The van der Waals surface area contributed by atoms with Crippen LogP contribution in [0.4, 0.5) is 0 Å². The number of carbonyl (C=O) groups excluding carboxylic acids is 1. The van der Waals surface area contributed by atoms with Gasteiger partial charge in [0.25, 0.3) is 5.91 Å². The molecule has 0 fully saturated rings. The second-order valence-corrected chi connectivity index (χ2v) is 8.94. The third-order valence-corrected chi connectivity index (χ3v) is 6.44. The van der Waals surface area contributed by atoms with Crippen molar-refractivity contribution >= 4 is 12.0 Å². The number of hydrogen-bond donors (Lipinski definition) is 1. The quantitative estimate of drug-likeness (QED) is 0.180. The van der Waals surface area contributed by atoms with Gasteiger partial charge < -0.3 is 14.6 Å². The lowest BCUT2D eigenvalue weighted by molar-refractivity contribution is -0.117. The molecule has 5 nitrogen and oxygen atoms in total. The molecular weight excluding hydrogens is 482 g/mol. The molecule has 0 aliphatic rings. The van der Waals surface area contributed by atoms with Crippen LogP contribution < -0.4 is 10.1 Å². The molecule has 190 valence electrons. The molecule has 0 radical (unpaired) electrons. The summed E-state index contributed by atoms with van der Waals surface area (Å²) in [6.45, 7) is 0.299. The normalized spacial score (nSPS) is 11.0. The molecule has 0 atom stereocenters. The first-order valence-electron chi connectivity index (χ1n) is 12.6. The molecular formula is C34H27N3O2. The summed E-state index contributed by atoms with van der Waals surface area (Å²) in [5.74, 6) is 0.314. The SMILES string of the molecule is COc1ccc(CNC(=O)/C(C#N)=C/c2cc(-c3ccccc3)n(-c3ccccc3)c2-c2ccccc2)cc1. The fourth-order valence-electron chi connectivity index (χ4n) is 4.52. The number of rotatable bonds is 8. The highest BCUT2D eigenvalue weighted by Gasteiger charge is 2.20. The van der Waals surface area contributed by atoms with Crippen molar-refractivity contribution in [2.24, 2.45) is 0 Å². The molecule has 1 aromatic heterocycles. The molecule has 0 aliphatic heterocycles. The van der Waals surface area contributed by atoms with Crippen LogP contribution in [0.5, 0.6) is 5.75 Å². The molecule has 5 rings (SSSR count). The van der Waals surface area contributed by atoms with Crippen LogP contribution in [0.25, 0.3) is 34.3 Å². The van der Waals surface area contributed by atoms with E-state index >= 15 is 0 Å². The summed E-state index contributed by atoms with van der Waals surface area (Å²) in [5.41, 5.74) is 6.57. The van der Waals surface area contributed by atoms with Crippen LogP contribution >= 0.6 is 0 Å². The minimum Gasteiger partial charge on any atom is -0.497 e. The Morgan fingerprint density at radius 2 is 1.44 bits per heavy atom. The molecule has 39 heavy (non-hydrogen) atoms. The third-order valence-electron chi connectivity index (χ3n) is 6.44. The number of ether oxygens (including phenoxy) is 1. The second-order valence-electron chi connectivity index (χ2n) is 8.94. The Morgan fingerprint density at radius 3 is 2.03 bits per heavy atom. The predicted octanol–water partition coefficient (Wildman–Crippen LogP) is 7.04. The van der Waals surface area contributed by atoms with Crippen LogP contribution in [-0.2, 0) is 11.3 Å². The number of aromatic nitrogens is 1. The average Bonchev–Trinajstić information content (AvgIpc) is 3.39. The van der Waals surface area contributed by atoms with E-state index in [2.05, 4.69) is 40.2 Å². The molecule has 0 spiro atoms. The number of carbonyl (C=O) groups is 1.